The first-order valence-corrected chi connectivity index (χ1v) is 5.39. The van der Waals surface area contributed by atoms with Gasteiger partial charge < -0.3 is 16.2 Å². The molecule has 0 aliphatic heterocycles. The zero-order chi connectivity index (χ0) is 11.0. The van der Waals surface area contributed by atoms with Crippen molar-refractivity contribution in [1.82, 2.24) is 0 Å². The van der Waals surface area contributed by atoms with Crippen molar-refractivity contribution in [2.75, 3.05) is 5.32 Å². The summed E-state index contributed by atoms with van der Waals surface area (Å²) in [6.07, 6.45) is 2.04. The summed E-state index contributed by atoms with van der Waals surface area (Å²) in [4.78, 5) is 0. The van der Waals surface area contributed by atoms with Crippen LogP contribution in [0.1, 0.15) is 24.0 Å². The van der Waals surface area contributed by atoms with E-state index in [1.54, 1.807) is 0 Å². The third-order valence-corrected chi connectivity index (χ3v) is 3.17. The SMILES string of the molecule is Cc1ccc(NC2CC(N)C2)c(C)c1O. The predicted molar refractivity (Wildman–Crippen MR) is 62.2 cm³/mol. The van der Waals surface area contributed by atoms with E-state index in [9.17, 15) is 5.11 Å². The molecular formula is C12H18N2O. The molecule has 0 amide bonds. The van der Waals surface area contributed by atoms with Gasteiger partial charge in [0.15, 0.2) is 0 Å². The monoisotopic (exact) mass is 206 g/mol. The summed E-state index contributed by atoms with van der Waals surface area (Å²) < 4.78 is 0. The number of nitrogens with one attached hydrogen (secondary N) is 1. The van der Waals surface area contributed by atoms with E-state index >= 15 is 0 Å². The number of anilines is 1. The van der Waals surface area contributed by atoms with Crippen LogP contribution in [0.2, 0.25) is 0 Å². The normalized spacial score (nSPS) is 24.7. The van der Waals surface area contributed by atoms with Gasteiger partial charge in [-0.3, -0.25) is 0 Å². The molecule has 1 fully saturated rings. The zero-order valence-electron chi connectivity index (χ0n) is 9.25. The summed E-state index contributed by atoms with van der Waals surface area (Å²) >= 11 is 0. The minimum absolute atomic E-state index is 0.349. The number of phenols is 1. The molecule has 0 saturated heterocycles. The topological polar surface area (TPSA) is 58.3 Å². The van der Waals surface area contributed by atoms with E-state index in [0.717, 1.165) is 29.7 Å². The van der Waals surface area contributed by atoms with E-state index in [1.165, 1.54) is 0 Å². The fourth-order valence-electron chi connectivity index (χ4n) is 1.99. The van der Waals surface area contributed by atoms with Crippen molar-refractivity contribution in [2.45, 2.75) is 38.8 Å². The Morgan fingerprint density at radius 1 is 1.33 bits per heavy atom. The van der Waals surface area contributed by atoms with Crippen LogP contribution >= 0.6 is 0 Å². The Morgan fingerprint density at radius 3 is 2.60 bits per heavy atom. The van der Waals surface area contributed by atoms with Crippen LogP contribution in [-0.2, 0) is 0 Å². The van der Waals surface area contributed by atoms with Crippen LogP contribution in [0.25, 0.3) is 0 Å². The van der Waals surface area contributed by atoms with Gasteiger partial charge in [-0.2, -0.15) is 0 Å². The maximum atomic E-state index is 9.78. The molecule has 0 radical (unpaired) electrons. The number of benzene rings is 1. The second-order valence-electron chi connectivity index (χ2n) is 4.48. The summed E-state index contributed by atoms with van der Waals surface area (Å²) in [7, 11) is 0. The lowest BCUT2D eigenvalue weighted by molar-refractivity contribution is 0.373. The van der Waals surface area contributed by atoms with Crippen LogP contribution in [0, 0.1) is 13.8 Å². The average molecular weight is 206 g/mol. The maximum Gasteiger partial charge on any atom is 0.123 e. The van der Waals surface area contributed by atoms with Crippen LogP contribution in [0.15, 0.2) is 12.1 Å². The molecule has 2 rings (SSSR count). The van der Waals surface area contributed by atoms with Crippen LogP contribution < -0.4 is 11.1 Å². The van der Waals surface area contributed by atoms with Gasteiger partial charge in [-0.15, -0.1) is 0 Å². The van der Waals surface area contributed by atoms with Crippen molar-refractivity contribution in [3.8, 4) is 5.75 Å². The molecule has 0 atom stereocenters. The third kappa shape index (κ3) is 1.92. The largest absolute Gasteiger partial charge is 0.507 e. The van der Waals surface area contributed by atoms with Gasteiger partial charge in [-0.25, -0.2) is 0 Å². The molecule has 0 unspecified atom stereocenters. The maximum absolute atomic E-state index is 9.78. The van der Waals surface area contributed by atoms with Crippen molar-refractivity contribution >= 4 is 5.69 Å². The Kier molecular flexibility index (Phi) is 2.57. The van der Waals surface area contributed by atoms with E-state index < -0.39 is 0 Å². The number of rotatable bonds is 2. The van der Waals surface area contributed by atoms with Crippen LogP contribution in [0.4, 0.5) is 5.69 Å². The second kappa shape index (κ2) is 3.74. The van der Waals surface area contributed by atoms with Gasteiger partial charge in [0.2, 0.25) is 0 Å². The molecule has 82 valence electrons. The van der Waals surface area contributed by atoms with E-state index in [4.69, 9.17) is 5.73 Å². The molecule has 1 aliphatic carbocycles. The van der Waals surface area contributed by atoms with Crippen molar-refractivity contribution < 1.29 is 5.11 Å². The molecule has 4 N–H and O–H groups in total. The molecular weight excluding hydrogens is 188 g/mol. The molecule has 0 heterocycles. The third-order valence-electron chi connectivity index (χ3n) is 3.17. The number of aryl methyl sites for hydroxylation is 1. The first kappa shape index (κ1) is 10.3. The summed E-state index contributed by atoms with van der Waals surface area (Å²) in [5.74, 6) is 0.392. The van der Waals surface area contributed by atoms with Crippen molar-refractivity contribution in [2.24, 2.45) is 5.73 Å². The van der Waals surface area contributed by atoms with Gasteiger partial charge in [0.05, 0.1) is 0 Å². The highest BCUT2D eigenvalue weighted by atomic mass is 16.3. The summed E-state index contributed by atoms with van der Waals surface area (Å²) in [6, 6.07) is 4.78. The summed E-state index contributed by atoms with van der Waals surface area (Å²) in [5, 5.41) is 13.2. The molecule has 15 heavy (non-hydrogen) atoms. The lowest BCUT2D eigenvalue weighted by Crippen LogP contribution is -2.44. The van der Waals surface area contributed by atoms with E-state index in [2.05, 4.69) is 5.32 Å². The van der Waals surface area contributed by atoms with Crippen molar-refractivity contribution in [1.29, 1.82) is 0 Å². The van der Waals surface area contributed by atoms with Gasteiger partial charge in [-0.1, -0.05) is 6.07 Å². The van der Waals surface area contributed by atoms with Crippen LogP contribution in [-0.4, -0.2) is 17.2 Å². The zero-order valence-corrected chi connectivity index (χ0v) is 9.25. The van der Waals surface area contributed by atoms with Crippen molar-refractivity contribution in [3.05, 3.63) is 23.3 Å². The molecule has 1 aromatic rings. The van der Waals surface area contributed by atoms with Crippen LogP contribution in [0.5, 0.6) is 5.75 Å². The molecule has 0 bridgehead atoms. The molecule has 1 aromatic carbocycles. The summed E-state index contributed by atoms with van der Waals surface area (Å²) in [5.41, 5.74) is 8.59. The lowest BCUT2D eigenvalue weighted by atomic mass is 9.87. The van der Waals surface area contributed by atoms with Gasteiger partial charge >= 0.3 is 0 Å². The highest BCUT2D eigenvalue weighted by molar-refractivity contribution is 5.59. The Bertz CT molecular complexity index is 370. The predicted octanol–water partition coefficient (Wildman–Crippen LogP) is 1.91. The molecule has 0 spiro atoms. The van der Waals surface area contributed by atoms with Gasteiger partial charge in [-0.05, 0) is 38.3 Å². The quantitative estimate of drug-likeness (QED) is 0.692. The highest BCUT2D eigenvalue weighted by Gasteiger charge is 2.26. The van der Waals surface area contributed by atoms with Crippen molar-refractivity contribution in [3.63, 3.8) is 0 Å². The highest BCUT2D eigenvalue weighted by Crippen LogP contribution is 2.31. The number of hydrogen-bond acceptors (Lipinski definition) is 3. The Labute approximate surface area is 90.3 Å². The van der Waals surface area contributed by atoms with E-state index in [0.29, 0.717) is 17.8 Å². The van der Waals surface area contributed by atoms with E-state index in [1.807, 2.05) is 26.0 Å². The number of aromatic hydroxyl groups is 1. The minimum Gasteiger partial charge on any atom is -0.507 e. The molecule has 1 aliphatic rings. The Morgan fingerprint density at radius 2 is 2.00 bits per heavy atom. The smallest absolute Gasteiger partial charge is 0.123 e. The molecule has 1 saturated carbocycles. The van der Waals surface area contributed by atoms with Crippen LogP contribution in [0.3, 0.4) is 0 Å². The fourth-order valence-corrected chi connectivity index (χ4v) is 1.99. The number of hydrogen-bond donors (Lipinski definition) is 3. The Balaban J connectivity index is 2.12. The standard InChI is InChI=1S/C12H18N2O/c1-7-3-4-11(8(2)12(7)15)14-10-5-9(13)6-10/h3-4,9-10,14-15H,5-6,13H2,1-2H3. The lowest BCUT2D eigenvalue weighted by Gasteiger charge is -2.34. The van der Waals surface area contributed by atoms with Gasteiger partial charge in [0.1, 0.15) is 5.75 Å². The molecule has 3 nitrogen and oxygen atoms in total. The molecule has 3 heteroatoms. The number of nitrogens with two attached hydrogens (primary N) is 1. The number of phenolic OH excluding ortho intramolecular Hbond substituents is 1. The second-order valence-corrected chi connectivity index (χ2v) is 4.48. The minimum atomic E-state index is 0.349. The first-order chi connectivity index (χ1) is 7.08. The molecule has 0 aromatic heterocycles. The fraction of sp³-hybridized carbons (Fsp3) is 0.500. The van der Waals surface area contributed by atoms with E-state index in [-0.39, 0.29) is 0 Å². The Hall–Kier alpha value is -1.22. The van der Waals surface area contributed by atoms with Gasteiger partial charge in [0.25, 0.3) is 0 Å². The van der Waals surface area contributed by atoms with Gasteiger partial charge in [0, 0.05) is 23.3 Å². The first-order valence-electron chi connectivity index (χ1n) is 5.39. The summed E-state index contributed by atoms with van der Waals surface area (Å²) in [6.45, 7) is 3.84. The average Bonchev–Trinajstić information content (AvgIpc) is 2.16.